The third-order valence-corrected chi connectivity index (χ3v) is 10.9. The third-order valence-electron chi connectivity index (χ3n) is 7.67. The number of hydrogen-bond donors (Lipinski definition) is 4. The molecular formula is C33H29F3N4O7S2. The normalized spacial score (nSPS) is 16.4. The SMILES string of the molecule is Cc1cccc2[nH]c([C@H](Cc3ccc(C4CC(=O)NS4(=O)=O)cc3)NS(=O)(=O)c3ccc(-c4ccccc4)cc3)nc12.O=C(O)C(F)(F)F. The molecule has 4 N–H and O–H groups in total. The van der Waals surface area contributed by atoms with Gasteiger partial charge < -0.3 is 10.1 Å². The lowest BCUT2D eigenvalue weighted by molar-refractivity contribution is -0.192. The van der Waals surface area contributed by atoms with Gasteiger partial charge in [0, 0.05) is 0 Å². The van der Waals surface area contributed by atoms with Crippen LogP contribution in [0, 0.1) is 6.92 Å². The smallest absolute Gasteiger partial charge is 0.475 e. The van der Waals surface area contributed by atoms with Gasteiger partial charge in [-0.2, -0.15) is 13.2 Å². The lowest BCUT2D eigenvalue weighted by atomic mass is 10.0. The molecule has 1 amide bonds. The number of hydrogen-bond acceptors (Lipinski definition) is 7. The number of alkyl halides is 3. The van der Waals surface area contributed by atoms with Gasteiger partial charge in [-0.1, -0.05) is 78.9 Å². The molecule has 1 fully saturated rings. The van der Waals surface area contributed by atoms with E-state index in [2.05, 4.69) is 9.71 Å². The first kappa shape index (κ1) is 35.3. The number of carbonyl (C=O) groups excluding carboxylic acids is 1. The van der Waals surface area contributed by atoms with Gasteiger partial charge in [0.2, 0.25) is 26.0 Å². The van der Waals surface area contributed by atoms with Crippen LogP contribution in [0.1, 0.15) is 40.2 Å². The molecule has 1 aliphatic heterocycles. The number of rotatable bonds is 8. The Bertz CT molecular complexity index is 2210. The van der Waals surface area contributed by atoms with Gasteiger partial charge in [0.1, 0.15) is 11.1 Å². The molecule has 0 saturated carbocycles. The van der Waals surface area contributed by atoms with Crippen molar-refractivity contribution < 1.29 is 44.7 Å². The summed E-state index contributed by atoms with van der Waals surface area (Å²) < 4.78 is 88.4. The molecule has 11 nitrogen and oxygen atoms in total. The van der Waals surface area contributed by atoms with Crippen molar-refractivity contribution in [2.75, 3.05) is 0 Å². The maximum Gasteiger partial charge on any atom is 0.490 e. The predicted octanol–water partition coefficient (Wildman–Crippen LogP) is 5.32. The number of nitrogens with zero attached hydrogens (tertiary/aromatic N) is 1. The number of carboxylic acids is 1. The fourth-order valence-electron chi connectivity index (χ4n) is 5.22. The maximum atomic E-state index is 13.6. The van der Waals surface area contributed by atoms with Crippen molar-refractivity contribution in [2.45, 2.75) is 42.1 Å². The zero-order valence-corrected chi connectivity index (χ0v) is 27.2. The fourth-order valence-corrected chi connectivity index (χ4v) is 7.85. The van der Waals surface area contributed by atoms with Crippen molar-refractivity contribution in [1.82, 2.24) is 19.4 Å². The van der Waals surface area contributed by atoms with Gasteiger partial charge in [0.15, 0.2) is 0 Å². The van der Waals surface area contributed by atoms with Crippen molar-refractivity contribution >= 4 is 43.0 Å². The Labute approximate surface area is 279 Å². The standard InChI is InChI=1S/C31H28N4O5S2.C2HF3O2/c1-20-6-5-9-26-30(20)33-31(32-26)27(18-21-10-12-24(13-11-21)28-19-29(36)35-42(28,39)40)34-41(37,38)25-16-14-23(15-17-25)22-7-3-2-4-8-22;3-2(4,5)1(6)7/h2-17,27-28,34H,18-19H2,1H3,(H,32,33)(H,35,36);(H,6,7)/t27-,28?;/m0./s1. The first-order chi connectivity index (χ1) is 23.0. The highest BCUT2D eigenvalue weighted by Gasteiger charge is 2.39. The summed E-state index contributed by atoms with van der Waals surface area (Å²) in [6.07, 6.45) is -4.97. The van der Waals surface area contributed by atoms with Crippen LogP contribution in [0.25, 0.3) is 22.2 Å². The van der Waals surface area contributed by atoms with Gasteiger partial charge in [-0.15, -0.1) is 0 Å². The number of halogens is 3. The Morgan fingerprint density at radius 3 is 2.12 bits per heavy atom. The summed E-state index contributed by atoms with van der Waals surface area (Å²) in [6.45, 7) is 1.94. The Kier molecular flexibility index (Phi) is 9.94. The minimum absolute atomic E-state index is 0.124. The van der Waals surface area contributed by atoms with E-state index in [1.165, 1.54) is 0 Å². The van der Waals surface area contributed by atoms with Gasteiger partial charge in [0.05, 0.1) is 28.4 Å². The molecule has 2 atom stereocenters. The minimum Gasteiger partial charge on any atom is -0.475 e. The largest absolute Gasteiger partial charge is 0.490 e. The average molecular weight is 715 g/mol. The molecule has 1 saturated heterocycles. The number of carbonyl (C=O) groups is 2. The van der Waals surface area contributed by atoms with E-state index in [9.17, 15) is 34.8 Å². The summed E-state index contributed by atoms with van der Waals surface area (Å²) in [5.41, 5.74) is 5.64. The van der Waals surface area contributed by atoms with Crippen LogP contribution in [-0.4, -0.2) is 50.0 Å². The van der Waals surface area contributed by atoms with Crippen LogP contribution in [0.5, 0.6) is 0 Å². The van der Waals surface area contributed by atoms with Crippen LogP contribution in [0.15, 0.2) is 102 Å². The molecule has 1 aromatic heterocycles. The fraction of sp³-hybridized carbons (Fsp3) is 0.182. The van der Waals surface area contributed by atoms with Crippen molar-refractivity contribution in [1.29, 1.82) is 0 Å². The van der Waals surface area contributed by atoms with Crippen LogP contribution in [0.2, 0.25) is 0 Å². The number of para-hydroxylation sites is 1. The Hall–Kier alpha value is -5.06. The molecule has 1 unspecified atom stereocenters. The number of sulfonamides is 2. The number of carboxylic acid groups (broad SMARTS) is 1. The summed E-state index contributed by atoms with van der Waals surface area (Å²) in [4.78, 5) is 28.7. The highest BCUT2D eigenvalue weighted by Crippen LogP contribution is 2.31. The number of aromatic nitrogens is 2. The molecule has 1 aliphatic rings. The topological polar surface area (TPSA) is 175 Å². The molecule has 0 bridgehead atoms. The van der Waals surface area contributed by atoms with Crippen LogP contribution < -0.4 is 9.44 Å². The minimum atomic E-state index is -5.08. The molecule has 0 radical (unpaired) electrons. The van der Waals surface area contributed by atoms with Crippen molar-refractivity contribution in [3.05, 3.63) is 120 Å². The van der Waals surface area contributed by atoms with Gasteiger partial charge in [-0.25, -0.2) is 31.3 Å². The van der Waals surface area contributed by atoms with E-state index < -0.39 is 49.4 Å². The van der Waals surface area contributed by atoms with Crippen molar-refractivity contribution in [3.8, 4) is 11.1 Å². The number of H-pyrrole nitrogens is 1. The molecule has 16 heteroatoms. The molecule has 256 valence electrons. The number of fused-ring (bicyclic) bond motifs is 1. The Balaban J connectivity index is 0.000000606. The quantitative estimate of drug-likeness (QED) is 0.167. The van der Waals surface area contributed by atoms with E-state index in [1.807, 2.05) is 60.2 Å². The second-order valence-electron chi connectivity index (χ2n) is 11.2. The second kappa shape index (κ2) is 13.8. The number of imidazole rings is 1. The molecule has 4 aromatic carbocycles. The number of benzene rings is 4. The van der Waals surface area contributed by atoms with E-state index in [-0.39, 0.29) is 17.7 Å². The van der Waals surface area contributed by atoms with Gasteiger partial charge >= 0.3 is 12.1 Å². The van der Waals surface area contributed by atoms with Crippen LogP contribution in [0.4, 0.5) is 13.2 Å². The highest BCUT2D eigenvalue weighted by molar-refractivity contribution is 7.90. The van der Waals surface area contributed by atoms with E-state index in [4.69, 9.17) is 14.9 Å². The maximum absolute atomic E-state index is 13.6. The van der Waals surface area contributed by atoms with Crippen molar-refractivity contribution in [2.24, 2.45) is 0 Å². The Morgan fingerprint density at radius 1 is 0.959 bits per heavy atom. The van der Waals surface area contributed by atoms with Crippen LogP contribution >= 0.6 is 0 Å². The summed E-state index contributed by atoms with van der Waals surface area (Å²) in [5.74, 6) is -2.83. The summed E-state index contributed by atoms with van der Waals surface area (Å²) >= 11 is 0. The average Bonchev–Trinajstić information content (AvgIpc) is 3.61. The lowest BCUT2D eigenvalue weighted by Gasteiger charge is -2.18. The summed E-state index contributed by atoms with van der Waals surface area (Å²) in [7, 11) is -7.72. The molecule has 6 rings (SSSR count). The molecule has 5 aromatic rings. The number of aryl methyl sites for hydroxylation is 1. The first-order valence-electron chi connectivity index (χ1n) is 14.6. The van der Waals surface area contributed by atoms with Gasteiger partial charge in [0.25, 0.3) is 0 Å². The summed E-state index contributed by atoms with van der Waals surface area (Å²) in [5, 5.41) is 6.17. The zero-order valence-electron chi connectivity index (χ0n) is 25.6. The van der Waals surface area contributed by atoms with Crippen molar-refractivity contribution in [3.63, 3.8) is 0 Å². The van der Waals surface area contributed by atoms with Crippen LogP contribution in [0.3, 0.4) is 0 Å². The molecule has 49 heavy (non-hydrogen) atoms. The molecular weight excluding hydrogens is 686 g/mol. The van der Waals surface area contributed by atoms with Gasteiger partial charge in [-0.3, -0.25) is 9.52 Å². The molecule has 2 heterocycles. The van der Waals surface area contributed by atoms with E-state index in [0.29, 0.717) is 11.4 Å². The number of aliphatic carboxylic acids is 1. The van der Waals surface area contributed by atoms with Crippen LogP contribution in [-0.2, 0) is 36.1 Å². The number of aromatic amines is 1. The third kappa shape index (κ3) is 8.33. The first-order valence-corrected chi connectivity index (χ1v) is 17.6. The van der Waals surface area contributed by atoms with Gasteiger partial charge in [-0.05, 0) is 59.4 Å². The van der Waals surface area contributed by atoms with E-state index in [1.54, 1.807) is 48.5 Å². The predicted molar refractivity (Wildman–Crippen MR) is 174 cm³/mol. The lowest BCUT2D eigenvalue weighted by Crippen LogP contribution is -2.31. The molecule has 0 aliphatic carbocycles. The molecule has 0 spiro atoms. The monoisotopic (exact) mass is 714 g/mol. The highest BCUT2D eigenvalue weighted by atomic mass is 32.2. The summed E-state index contributed by atoms with van der Waals surface area (Å²) in [6, 6.07) is 28.2. The van der Waals surface area contributed by atoms with E-state index in [0.717, 1.165) is 33.3 Å². The Morgan fingerprint density at radius 2 is 1.57 bits per heavy atom. The zero-order chi connectivity index (χ0) is 35.6. The second-order valence-corrected chi connectivity index (χ2v) is 14.7. The van der Waals surface area contributed by atoms with E-state index >= 15 is 0 Å². The number of amides is 1. The number of nitrogens with one attached hydrogen (secondary N) is 3.